The molecule has 0 heterocycles. The summed E-state index contributed by atoms with van der Waals surface area (Å²) in [7, 11) is 0. The minimum atomic E-state index is -1.14. The summed E-state index contributed by atoms with van der Waals surface area (Å²) in [4.78, 5) is 52.2. The van der Waals surface area contributed by atoms with Crippen molar-refractivity contribution in [1.29, 1.82) is 0 Å². The summed E-state index contributed by atoms with van der Waals surface area (Å²) in [6.45, 7) is 1.94. The van der Waals surface area contributed by atoms with Crippen LogP contribution < -0.4 is 16.0 Å². The number of aromatic carboxylic acids is 1. The maximum Gasteiger partial charge on any atom is 0.335 e. The minimum absolute atomic E-state index is 0.00670. The molecule has 0 fully saturated rings. The molecule has 1 unspecified atom stereocenters. The summed E-state index contributed by atoms with van der Waals surface area (Å²) in [5, 5.41) is 17.2. The van der Waals surface area contributed by atoms with E-state index in [-0.39, 0.29) is 22.0 Å². The normalized spacial score (nSPS) is 11.7. The van der Waals surface area contributed by atoms with E-state index in [2.05, 4.69) is 16.0 Å². The van der Waals surface area contributed by atoms with Crippen LogP contribution in [0.5, 0.6) is 0 Å². The van der Waals surface area contributed by atoms with E-state index < -0.39 is 28.9 Å². The lowest BCUT2D eigenvalue weighted by atomic mass is 10.1. The van der Waals surface area contributed by atoms with Crippen molar-refractivity contribution in [1.82, 2.24) is 5.32 Å². The van der Waals surface area contributed by atoms with Crippen molar-refractivity contribution in [2.24, 2.45) is 0 Å². The summed E-state index contributed by atoms with van der Waals surface area (Å²) < 4.78 is 0. The number of carbonyl (C=O) groups is 4. The number of aryl methyl sites for hydroxylation is 1. The largest absolute Gasteiger partial charge is 0.478 e. The number of benzene rings is 5. The number of hydrogen-bond donors (Lipinski definition) is 4. The Bertz CT molecular complexity index is 1980. The third-order valence-corrected chi connectivity index (χ3v) is 8.66. The number of anilines is 2. The molecule has 48 heavy (non-hydrogen) atoms. The molecule has 0 spiro atoms. The van der Waals surface area contributed by atoms with Crippen LogP contribution in [0.15, 0.2) is 138 Å². The van der Waals surface area contributed by atoms with Gasteiger partial charge in [0.1, 0.15) is 10.9 Å². The quantitative estimate of drug-likeness (QED) is 0.0826. The van der Waals surface area contributed by atoms with E-state index in [9.17, 15) is 24.3 Å². The van der Waals surface area contributed by atoms with E-state index in [1.165, 1.54) is 30.0 Å². The minimum Gasteiger partial charge on any atom is -0.478 e. The molecule has 5 rings (SSSR count). The molecule has 0 saturated carbocycles. The van der Waals surface area contributed by atoms with E-state index in [1.807, 2.05) is 61.5 Å². The van der Waals surface area contributed by atoms with Crippen molar-refractivity contribution in [3.63, 3.8) is 0 Å². The van der Waals surface area contributed by atoms with Gasteiger partial charge in [-0.15, -0.1) is 11.8 Å². The molecule has 4 N–H and O–H groups in total. The van der Waals surface area contributed by atoms with Crippen molar-refractivity contribution in [3.05, 3.63) is 166 Å². The average Bonchev–Trinajstić information content (AvgIpc) is 3.09. The van der Waals surface area contributed by atoms with Gasteiger partial charge in [0.05, 0.1) is 16.3 Å². The van der Waals surface area contributed by atoms with E-state index in [0.717, 1.165) is 21.6 Å². The highest BCUT2D eigenvalue weighted by Gasteiger charge is 2.24. The number of halogens is 1. The Hall–Kier alpha value is -5.64. The van der Waals surface area contributed by atoms with Crippen LogP contribution in [0.2, 0.25) is 5.02 Å². The molecule has 3 amide bonds. The number of carboxylic acids is 1. The lowest BCUT2D eigenvalue weighted by Gasteiger charge is -2.18. The highest BCUT2D eigenvalue weighted by molar-refractivity contribution is 8.00. The van der Waals surface area contributed by atoms with E-state index in [0.29, 0.717) is 11.3 Å². The fourth-order valence-electron chi connectivity index (χ4n) is 4.67. The van der Waals surface area contributed by atoms with Crippen molar-refractivity contribution in [3.8, 4) is 0 Å². The number of carbonyl (C=O) groups excluding carboxylic acids is 3. The number of rotatable bonds is 11. The van der Waals surface area contributed by atoms with Crippen LogP contribution in [0.3, 0.4) is 0 Å². The Balaban J connectivity index is 1.34. The first kappa shape index (κ1) is 33.7. The Morgan fingerprint density at radius 1 is 0.750 bits per heavy atom. The fraction of sp³-hybridized carbons (Fsp3) is 0.0526. The molecule has 1 atom stereocenters. The monoisotopic (exact) mass is 675 g/mol. The summed E-state index contributed by atoms with van der Waals surface area (Å²) in [5.41, 5.74) is 3.62. The molecule has 0 radical (unpaired) electrons. The molecule has 240 valence electrons. The molecule has 0 aromatic heterocycles. The number of thioether (sulfide) groups is 1. The van der Waals surface area contributed by atoms with Gasteiger partial charge in [0.25, 0.3) is 11.8 Å². The fourth-order valence-corrected chi connectivity index (χ4v) is 5.86. The molecule has 0 aliphatic carbocycles. The van der Waals surface area contributed by atoms with Crippen LogP contribution in [0.1, 0.15) is 42.7 Å². The maximum absolute atomic E-state index is 13.6. The van der Waals surface area contributed by atoms with E-state index in [4.69, 9.17) is 11.6 Å². The van der Waals surface area contributed by atoms with Crippen LogP contribution in [-0.2, 0) is 9.59 Å². The van der Waals surface area contributed by atoms with Gasteiger partial charge in [-0.05, 0) is 78.7 Å². The van der Waals surface area contributed by atoms with E-state index >= 15 is 0 Å². The Kier molecular flexibility index (Phi) is 11.1. The SMILES string of the molecule is Cc1cccc(/C=C(\NC(=O)c2ccccc2)C(=O)Nc2ccc(SC(C(=O)Nc3cc(C(=O)O)ccc3Cl)c3ccccc3)cc2)c1. The lowest BCUT2D eigenvalue weighted by molar-refractivity contribution is -0.116. The molecule has 0 bridgehead atoms. The zero-order chi connectivity index (χ0) is 34.0. The molecule has 8 nitrogen and oxygen atoms in total. The van der Waals surface area contributed by atoms with Gasteiger partial charge >= 0.3 is 5.97 Å². The van der Waals surface area contributed by atoms with Gasteiger partial charge in [-0.2, -0.15) is 0 Å². The summed E-state index contributed by atoms with van der Waals surface area (Å²) in [6, 6.07) is 36.4. The van der Waals surface area contributed by atoms with Gasteiger partial charge in [0, 0.05) is 16.1 Å². The highest BCUT2D eigenvalue weighted by Crippen LogP contribution is 2.37. The van der Waals surface area contributed by atoms with E-state index in [1.54, 1.807) is 60.7 Å². The van der Waals surface area contributed by atoms with Crippen molar-refractivity contribution < 1.29 is 24.3 Å². The maximum atomic E-state index is 13.6. The standard InChI is InChI=1S/C38H30ClN3O5S/c1-24-9-8-10-25(21-24)22-33(42-35(43)27-13-6-3-7-14-27)36(44)40-29-16-18-30(19-17-29)48-34(26-11-4-2-5-12-26)37(45)41-32-23-28(38(46)47)15-20-31(32)39/h2-23,34H,1H3,(H,40,44)(H,41,45)(H,42,43)(H,46,47)/b33-22-. The third kappa shape index (κ3) is 9.00. The first-order chi connectivity index (χ1) is 23.2. The predicted molar refractivity (Wildman–Crippen MR) is 190 cm³/mol. The van der Waals surface area contributed by atoms with Gasteiger partial charge in [-0.3, -0.25) is 14.4 Å². The third-order valence-electron chi connectivity index (χ3n) is 7.06. The van der Waals surface area contributed by atoms with Crippen molar-refractivity contribution in [2.45, 2.75) is 17.1 Å². The van der Waals surface area contributed by atoms with Gasteiger partial charge in [-0.1, -0.05) is 90.0 Å². The molecule has 0 aliphatic rings. The molecule has 5 aromatic rings. The molecular formula is C38H30ClN3O5S. The second-order valence-corrected chi connectivity index (χ2v) is 12.3. The van der Waals surface area contributed by atoms with Crippen molar-refractivity contribution in [2.75, 3.05) is 10.6 Å². The number of hydrogen-bond acceptors (Lipinski definition) is 5. The van der Waals surface area contributed by atoms with Gasteiger partial charge < -0.3 is 21.1 Å². The number of nitrogens with one attached hydrogen (secondary N) is 3. The Morgan fingerprint density at radius 3 is 2.10 bits per heavy atom. The summed E-state index contributed by atoms with van der Waals surface area (Å²) >= 11 is 7.55. The Labute approximate surface area is 286 Å². The summed E-state index contributed by atoms with van der Waals surface area (Å²) in [6.07, 6.45) is 1.62. The topological polar surface area (TPSA) is 125 Å². The molecule has 10 heteroatoms. The van der Waals surface area contributed by atoms with Crippen LogP contribution in [0.25, 0.3) is 6.08 Å². The van der Waals surface area contributed by atoms with Crippen LogP contribution in [0, 0.1) is 6.92 Å². The molecular weight excluding hydrogens is 646 g/mol. The second kappa shape index (κ2) is 15.8. The number of amides is 3. The smallest absolute Gasteiger partial charge is 0.335 e. The van der Waals surface area contributed by atoms with Crippen molar-refractivity contribution >= 4 is 64.5 Å². The molecule has 0 saturated heterocycles. The first-order valence-corrected chi connectivity index (χ1v) is 16.0. The lowest BCUT2D eigenvalue weighted by Crippen LogP contribution is -2.30. The van der Waals surface area contributed by atoms with Gasteiger partial charge in [0.2, 0.25) is 5.91 Å². The average molecular weight is 676 g/mol. The van der Waals surface area contributed by atoms with Crippen LogP contribution in [-0.4, -0.2) is 28.8 Å². The molecule has 5 aromatic carbocycles. The zero-order valence-electron chi connectivity index (χ0n) is 25.6. The summed E-state index contributed by atoms with van der Waals surface area (Å²) in [5.74, 6) is -2.46. The first-order valence-electron chi connectivity index (χ1n) is 14.8. The highest BCUT2D eigenvalue weighted by atomic mass is 35.5. The second-order valence-electron chi connectivity index (χ2n) is 10.7. The van der Waals surface area contributed by atoms with Crippen LogP contribution in [0.4, 0.5) is 11.4 Å². The zero-order valence-corrected chi connectivity index (χ0v) is 27.2. The predicted octanol–water partition coefficient (Wildman–Crippen LogP) is 8.23. The van der Waals surface area contributed by atoms with Gasteiger partial charge in [0.15, 0.2) is 0 Å². The Morgan fingerprint density at radius 2 is 1.44 bits per heavy atom. The number of carboxylic acid groups (broad SMARTS) is 1. The van der Waals surface area contributed by atoms with Crippen LogP contribution >= 0.6 is 23.4 Å². The molecule has 0 aliphatic heterocycles. The van der Waals surface area contributed by atoms with Gasteiger partial charge in [-0.25, -0.2) is 4.79 Å².